The van der Waals surface area contributed by atoms with E-state index in [4.69, 9.17) is 11.6 Å². The second-order valence-corrected chi connectivity index (χ2v) is 6.11. The summed E-state index contributed by atoms with van der Waals surface area (Å²) >= 11 is 5.83. The zero-order valence-electron chi connectivity index (χ0n) is 12.1. The summed E-state index contributed by atoms with van der Waals surface area (Å²) < 4.78 is 37.9. The largest absolute Gasteiger partial charge is 0.433 e. The number of fused-ring (bicyclic) bond motifs is 1. The normalized spacial score (nSPS) is 21.2. The monoisotopic (exact) mass is 340 g/mol. The van der Waals surface area contributed by atoms with Crippen molar-refractivity contribution in [2.75, 3.05) is 0 Å². The van der Waals surface area contributed by atoms with Gasteiger partial charge in [0.15, 0.2) is 5.78 Å². The van der Waals surface area contributed by atoms with Crippen LogP contribution in [0.4, 0.5) is 13.2 Å². The number of rotatable bonds is 1. The quantitative estimate of drug-likeness (QED) is 0.729. The fourth-order valence-corrected chi connectivity index (χ4v) is 2.98. The minimum absolute atomic E-state index is 0.176. The van der Waals surface area contributed by atoms with E-state index < -0.39 is 17.3 Å². The molecule has 7 heteroatoms. The minimum atomic E-state index is -4.50. The second kappa shape index (κ2) is 5.30. The molecule has 0 amide bonds. The van der Waals surface area contributed by atoms with Crippen LogP contribution in [0.3, 0.4) is 0 Å². The summed E-state index contributed by atoms with van der Waals surface area (Å²) in [6, 6.07) is 5.38. The van der Waals surface area contributed by atoms with Crippen LogP contribution >= 0.6 is 11.6 Å². The van der Waals surface area contributed by atoms with E-state index in [0.29, 0.717) is 34.8 Å². The van der Waals surface area contributed by atoms with Gasteiger partial charge in [-0.05, 0) is 43.5 Å². The van der Waals surface area contributed by atoms with Crippen LogP contribution in [0.25, 0.3) is 0 Å². The molecule has 3 rings (SSSR count). The fourth-order valence-electron chi connectivity index (χ4n) is 2.81. The van der Waals surface area contributed by atoms with Crippen molar-refractivity contribution >= 4 is 17.4 Å². The predicted octanol–water partition coefficient (Wildman–Crippen LogP) is 4.24. The summed E-state index contributed by atoms with van der Waals surface area (Å²) in [4.78, 5) is 20.4. The van der Waals surface area contributed by atoms with Crippen molar-refractivity contribution in [3.8, 4) is 0 Å². The van der Waals surface area contributed by atoms with Gasteiger partial charge in [-0.2, -0.15) is 13.2 Å². The lowest BCUT2D eigenvalue weighted by molar-refractivity contribution is -0.141. The van der Waals surface area contributed by atoms with Gasteiger partial charge in [0.25, 0.3) is 0 Å². The number of aryl methyl sites for hydroxylation is 1. The molecule has 3 nitrogen and oxygen atoms in total. The van der Waals surface area contributed by atoms with Crippen LogP contribution in [0.15, 0.2) is 30.5 Å². The molecule has 0 saturated carbocycles. The van der Waals surface area contributed by atoms with Crippen LogP contribution in [-0.2, 0) is 18.0 Å². The van der Waals surface area contributed by atoms with E-state index in [2.05, 4.69) is 9.97 Å². The van der Waals surface area contributed by atoms with Gasteiger partial charge in [0.2, 0.25) is 0 Å². The first-order valence-electron chi connectivity index (χ1n) is 6.96. The zero-order chi connectivity index (χ0) is 16.8. The summed E-state index contributed by atoms with van der Waals surface area (Å²) in [6.07, 6.45) is -2.39. The predicted molar refractivity (Wildman–Crippen MR) is 78.5 cm³/mol. The van der Waals surface area contributed by atoms with Gasteiger partial charge in [-0.3, -0.25) is 9.78 Å². The minimum Gasteiger partial charge on any atom is -0.293 e. The molecule has 0 N–H and O–H groups in total. The Morgan fingerprint density at radius 2 is 1.96 bits per heavy atom. The average Bonchev–Trinajstić information content (AvgIpc) is 2.50. The molecule has 0 aliphatic heterocycles. The molecular formula is C16H12ClF3N2O. The maximum absolute atomic E-state index is 12.8. The van der Waals surface area contributed by atoms with E-state index in [9.17, 15) is 18.0 Å². The highest BCUT2D eigenvalue weighted by Gasteiger charge is 2.41. The summed E-state index contributed by atoms with van der Waals surface area (Å²) in [5, 5.41) is 0.316. The highest BCUT2D eigenvalue weighted by molar-refractivity contribution is 6.29. The first-order chi connectivity index (χ1) is 10.7. The summed E-state index contributed by atoms with van der Waals surface area (Å²) in [6.45, 7) is 1.72. The maximum atomic E-state index is 12.8. The van der Waals surface area contributed by atoms with E-state index in [1.165, 1.54) is 12.1 Å². The molecule has 1 unspecified atom stereocenters. The van der Waals surface area contributed by atoms with Crippen molar-refractivity contribution in [1.29, 1.82) is 0 Å². The molecule has 23 heavy (non-hydrogen) atoms. The number of alkyl halides is 3. The fraction of sp³-hybridized carbons (Fsp3) is 0.312. The molecule has 0 spiro atoms. The molecule has 1 aliphatic rings. The Labute approximate surface area is 135 Å². The van der Waals surface area contributed by atoms with E-state index in [1.54, 1.807) is 13.0 Å². The third kappa shape index (κ3) is 2.72. The number of hydrogen-bond donors (Lipinski definition) is 0. The SMILES string of the molecule is CC1(c2ccc(C(F)(F)F)nc2)CCc2nc(Cl)ccc2C1=O. The number of aromatic nitrogens is 2. The van der Waals surface area contributed by atoms with Crippen LogP contribution in [0.2, 0.25) is 5.15 Å². The van der Waals surface area contributed by atoms with Crippen LogP contribution in [0.1, 0.15) is 40.7 Å². The first-order valence-corrected chi connectivity index (χ1v) is 7.33. The zero-order valence-corrected chi connectivity index (χ0v) is 12.9. The first kappa shape index (κ1) is 15.9. The second-order valence-electron chi connectivity index (χ2n) is 5.72. The number of carbonyl (C=O) groups is 1. The van der Waals surface area contributed by atoms with Gasteiger partial charge < -0.3 is 0 Å². The standard InChI is InChI=1S/C16H12ClF3N2O/c1-15(9-2-4-12(21-8-9)16(18,19)20)7-6-11-10(14(15)23)3-5-13(17)22-11/h2-5,8H,6-7H2,1H3. The molecule has 2 aromatic heterocycles. The van der Waals surface area contributed by atoms with E-state index in [0.717, 1.165) is 12.3 Å². The molecule has 0 bridgehead atoms. The van der Waals surface area contributed by atoms with E-state index in [-0.39, 0.29) is 5.78 Å². The van der Waals surface area contributed by atoms with Gasteiger partial charge in [0.1, 0.15) is 10.8 Å². The van der Waals surface area contributed by atoms with Gasteiger partial charge in [-0.1, -0.05) is 17.7 Å². The van der Waals surface area contributed by atoms with Gasteiger partial charge in [-0.15, -0.1) is 0 Å². The summed E-state index contributed by atoms with van der Waals surface area (Å²) in [5.41, 5.74) is -0.333. The summed E-state index contributed by atoms with van der Waals surface area (Å²) in [7, 11) is 0. The Morgan fingerprint density at radius 3 is 2.57 bits per heavy atom. The number of nitrogens with zero attached hydrogens (tertiary/aromatic N) is 2. The third-order valence-corrected chi connectivity index (χ3v) is 4.45. The van der Waals surface area contributed by atoms with Gasteiger partial charge in [0, 0.05) is 11.8 Å². The van der Waals surface area contributed by atoms with E-state index >= 15 is 0 Å². The Bertz CT molecular complexity index is 774. The van der Waals surface area contributed by atoms with Crippen molar-refractivity contribution in [2.24, 2.45) is 0 Å². The van der Waals surface area contributed by atoms with Crippen molar-refractivity contribution in [3.63, 3.8) is 0 Å². The molecule has 0 fully saturated rings. The highest BCUT2D eigenvalue weighted by Crippen LogP contribution is 2.38. The Balaban J connectivity index is 1.99. The van der Waals surface area contributed by atoms with Crippen LogP contribution < -0.4 is 0 Å². The number of ketones is 1. The van der Waals surface area contributed by atoms with Crippen LogP contribution in [0.5, 0.6) is 0 Å². The smallest absolute Gasteiger partial charge is 0.293 e. The van der Waals surface area contributed by atoms with E-state index in [1.807, 2.05) is 0 Å². The molecule has 0 saturated heterocycles. The average molecular weight is 341 g/mol. The molecule has 1 atom stereocenters. The number of Topliss-reactive ketones (excluding diaryl/α,β-unsaturated/α-hetero) is 1. The topological polar surface area (TPSA) is 42.9 Å². The highest BCUT2D eigenvalue weighted by atomic mass is 35.5. The number of carbonyl (C=O) groups excluding carboxylic acids is 1. The van der Waals surface area contributed by atoms with Crippen molar-refractivity contribution in [1.82, 2.24) is 9.97 Å². The lowest BCUT2D eigenvalue weighted by atomic mass is 9.69. The van der Waals surface area contributed by atoms with Crippen molar-refractivity contribution < 1.29 is 18.0 Å². The van der Waals surface area contributed by atoms with Gasteiger partial charge in [0.05, 0.1) is 11.1 Å². The lowest BCUT2D eigenvalue weighted by Crippen LogP contribution is -2.38. The molecule has 0 radical (unpaired) electrons. The Kier molecular flexibility index (Phi) is 3.67. The Morgan fingerprint density at radius 1 is 1.22 bits per heavy atom. The van der Waals surface area contributed by atoms with Gasteiger partial charge >= 0.3 is 6.18 Å². The molecule has 120 valence electrons. The van der Waals surface area contributed by atoms with Gasteiger partial charge in [-0.25, -0.2) is 4.98 Å². The number of halogens is 4. The lowest BCUT2D eigenvalue weighted by Gasteiger charge is -2.33. The molecule has 1 aliphatic carbocycles. The maximum Gasteiger partial charge on any atom is 0.433 e. The molecule has 2 heterocycles. The molecular weight excluding hydrogens is 329 g/mol. The Hall–Kier alpha value is -1.95. The van der Waals surface area contributed by atoms with Crippen LogP contribution in [0, 0.1) is 0 Å². The third-order valence-electron chi connectivity index (χ3n) is 4.24. The van der Waals surface area contributed by atoms with Crippen molar-refractivity contribution in [3.05, 3.63) is 58.1 Å². The van der Waals surface area contributed by atoms with Crippen LogP contribution in [-0.4, -0.2) is 15.8 Å². The molecule has 0 aromatic carbocycles. The molecule has 2 aromatic rings. The van der Waals surface area contributed by atoms with Crippen molar-refractivity contribution in [2.45, 2.75) is 31.4 Å². The number of hydrogen-bond acceptors (Lipinski definition) is 3. The summed E-state index contributed by atoms with van der Waals surface area (Å²) in [5.74, 6) is -0.176. The number of pyridine rings is 2.